The Balaban J connectivity index is 1.94. The first-order valence-electron chi connectivity index (χ1n) is 11.9. The maximum Gasteiger partial charge on any atom is 0.430 e. The summed E-state index contributed by atoms with van der Waals surface area (Å²) < 4.78 is 82.9. The van der Waals surface area contributed by atoms with Crippen molar-refractivity contribution < 1.29 is 41.4 Å². The smallest absolute Gasteiger partial charge is 0.392 e. The van der Waals surface area contributed by atoms with E-state index >= 15 is 0 Å². The molecule has 1 fully saturated rings. The van der Waals surface area contributed by atoms with Gasteiger partial charge in [0.2, 0.25) is 5.91 Å². The number of aliphatic hydroxyl groups excluding tert-OH is 1. The van der Waals surface area contributed by atoms with Gasteiger partial charge in [-0.2, -0.15) is 26.3 Å². The number of aromatic nitrogens is 1. The first kappa shape index (κ1) is 27.9. The van der Waals surface area contributed by atoms with Gasteiger partial charge in [0.15, 0.2) is 0 Å². The minimum absolute atomic E-state index is 0.00325. The molecule has 38 heavy (non-hydrogen) atoms. The van der Waals surface area contributed by atoms with Crippen molar-refractivity contribution in [2.45, 2.75) is 62.8 Å². The minimum Gasteiger partial charge on any atom is -0.392 e. The van der Waals surface area contributed by atoms with Crippen molar-refractivity contribution in [1.29, 1.82) is 0 Å². The lowest BCUT2D eigenvalue weighted by molar-refractivity contribution is -0.376. The maximum absolute atomic E-state index is 13.6. The zero-order valence-electron chi connectivity index (χ0n) is 20.1. The number of unbranched alkanes of at least 4 members (excludes halogenated alkanes) is 1. The zero-order valence-corrected chi connectivity index (χ0v) is 20.1. The topological polar surface area (TPSA) is 104 Å². The Morgan fingerprint density at radius 1 is 1.05 bits per heavy atom. The molecule has 7 nitrogen and oxygen atoms in total. The van der Waals surface area contributed by atoms with E-state index in [1.54, 1.807) is 0 Å². The van der Waals surface area contributed by atoms with Gasteiger partial charge in [-0.1, -0.05) is 19.4 Å². The van der Waals surface area contributed by atoms with E-state index in [4.69, 9.17) is 0 Å². The molecule has 0 aliphatic carbocycles. The van der Waals surface area contributed by atoms with Gasteiger partial charge in [0.05, 0.1) is 17.7 Å². The molecule has 1 saturated heterocycles. The molecule has 0 spiro atoms. The second kappa shape index (κ2) is 9.86. The van der Waals surface area contributed by atoms with Crippen LogP contribution in [0.4, 0.5) is 32.0 Å². The summed E-state index contributed by atoms with van der Waals surface area (Å²) in [6.45, 7) is 2.23. The zero-order chi connectivity index (χ0) is 28.0. The average Bonchev–Trinajstić information content (AvgIpc) is 3.28. The fraction of sp³-hybridized carbons (Fsp3) is 0.440. The second-order valence-corrected chi connectivity index (χ2v) is 9.35. The van der Waals surface area contributed by atoms with Crippen molar-refractivity contribution in [3.05, 3.63) is 52.3 Å². The molecule has 2 aromatic carbocycles. The van der Waals surface area contributed by atoms with E-state index in [2.05, 4.69) is 10.6 Å². The van der Waals surface area contributed by atoms with E-state index in [1.165, 1.54) is 22.8 Å². The van der Waals surface area contributed by atoms with Crippen LogP contribution in [0.25, 0.3) is 21.7 Å². The van der Waals surface area contributed by atoms with Gasteiger partial charge in [0, 0.05) is 35.1 Å². The highest BCUT2D eigenvalue weighted by molar-refractivity contribution is 6.08. The van der Waals surface area contributed by atoms with E-state index in [0.717, 1.165) is 6.07 Å². The van der Waals surface area contributed by atoms with Crippen LogP contribution >= 0.6 is 0 Å². The van der Waals surface area contributed by atoms with Crippen LogP contribution in [0.2, 0.25) is 0 Å². The predicted octanol–water partition coefficient (Wildman–Crippen LogP) is 3.93. The lowest BCUT2D eigenvalue weighted by atomic mass is 9.90. The van der Waals surface area contributed by atoms with Crippen molar-refractivity contribution in [2.24, 2.45) is 0 Å². The van der Waals surface area contributed by atoms with Crippen LogP contribution in [-0.4, -0.2) is 51.7 Å². The lowest BCUT2D eigenvalue weighted by Crippen LogP contribution is -2.53. The quantitative estimate of drug-likeness (QED) is 0.278. The molecule has 1 aliphatic rings. The number of carbonyl (C=O) groups is 1. The number of β-amino-alcohol motifs (C(OH)–C–C–N with tert-alkyl or cyclic N) is 1. The minimum atomic E-state index is -6.08. The molecule has 2 atom stereocenters. The SMILES string of the molecule is CCCCn1c(=O)c2ccc(NC(=O)[C@H]3CC(O)CN3)cc2c2cc(C(O)(C(F)(F)F)C(F)(F)F)ccc21. The number of benzene rings is 2. The molecule has 4 N–H and O–H groups in total. The molecular weight excluding hydrogens is 520 g/mol. The first-order valence-corrected chi connectivity index (χ1v) is 11.9. The maximum atomic E-state index is 13.6. The number of nitrogens with one attached hydrogen (secondary N) is 2. The molecule has 13 heteroatoms. The summed E-state index contributed by atoms with van der Waals surface area (Å²) in [6, 6.07) is 5.36. The number of halogens is 6. The average molecular weight is 545 g/mol. The lowest BCUT2D eigenvalue weighted by Gasteiger charge is -2.33. The highest BCUT2D eigenvalue weighted by atomic mass is 19.4. The number of rotatable bonds is 6. The van der Waals surface area contributed by atoms with Gasteiger partial charge in [-0.3, -0.25) is 9.59 Å². The van der Waals surface area contributed by atoms with Crippen LogP contribution in [0, 0.1) is 0 Å². The summed E-state index contributed by atoms with van der Waals surface area (Å²) in [4.78, 5) is 25.8. The molecule has 206 valence electrons. The van der Waals surface area contributed by atoms with Gasteiger partial charge in [-0.05, 0) is 48.6 Å². The van der Waals surface area contributed by atoms with Gasteiger partial charge in [0.1, 0.15) is 0 Å². The molecular formula is C25H25F6N3O4. The molecule has 4 rings (SSSR count). The summed E-state index contributed by atoms with van der Waals surface area (Å²) in [7, 11) is 0. The fourth-order valence-corrected chi connectivity index (χ4v) is 4.67. The number of alkyl halides is 6. The number of carbonyl (C=O) groups excluding carboxylic acids is 1. The largest absolute Gasteiger partial charge is 0.430 e. The molecule has 0 radical (unpaired) electrons. The van der Waals surface area contributed by atoms with Crippen LogP contribution in [0.5, 0.6) is 0 Å². The van der Waals surface area contributed by atoms with Crippen LogP contribution in [0.3, 0.4) is 0 Å². The number of fused-ring (bicyclic) bond motifs is 3. The molecule has 3 aromatic rings. The third-order valence-electron chi connectivity index (χ3n) is 6.74. The Hall–Kier alpha value is -3.16. The highest BCUT2D eigenvalue weighted by Crippen LogP contribution is 2.50. The normalized spacial score (nSPS) is 18.9. The van der Waals surface area contributed by atoms with Crippen LogP contribution in [-0.2, 0) is 16.9 Å². The van der Waals surface area contributed by atoms with Crippen LogP contribution in [0.15, 0.2) is 41.2 Å². The van der Waals surface area contributed by atoms with Gasteiger partial charge in [-0.15, -0.1) is 0 Å². The first-order chi connectivity index (χ1) is 17.7. The Morgan fingerprint density at radius 2 is 1.74 bits per heavy atom. The number of pyridine rings is 1. The molecule has 1 aliphatic heterocycles. The molecule has 1 aromatic heterocycles. The number of aliphatic hydroxyl groups is 2. The third kappa shape index (κ3) is 4.74. The molecule has 2 heterocycles. The standard InChI is InChI=1S/C25H25F6N3O4/c1-2-3-8-34-20-7-4-13(23(38,24(26,27)28)25(29,30)31)9-18(20)17-10-14(5-6-16(17)22(34)37)33-21(36)19-11-15(35)12-32-19/h4-7,9-10,15,19,32,35,38H,2-3,8,11-12H2,1H3,(H,33,36)/t15?,19-/m1/s1. The van der Waals surface area contributed by atoms with Gasteiger partial charge in [-0.25, -0.2) is 0 Å². The molecule has 0 bridgehead atoms. The predicted molar refractivity (Wildman–Crippen MR) is 128 cm³/mol. The second-order valence-electron chi connectivity index (χ2n) is 9.35. The van der Waals surface area contributed by atoms with Crippen molar-refractivity contribution >= 4 is 33.3 Å². The van der Waals surface area contributed by atoms with Gasteiger partial charge < -0.3 is 25.4 Å². The van der Waals surface area contributed by atoms with Crippen molar-refractivity contribution in [3.8, 4) is 0 Å². The van der Waals surface area contributed by atoms with Gasteiger partial charge in [0.25, 0.3) is 11.2 Å². The van der Waals surface area contributed by atoms with Crippen molar-refractivity contribution in [1.82, 2.24) is 9.88 Å². The third-order valence-corrected chi connectivity index (χ3v) is 6.74. The summed E-state index contributed by atoms with van der Waals surface area (Å²) >= 11 is 0. The number of aryl methyl sites for hydroxylation is 1. The number of nitrogens with zero attached hydrogens (tertiary/aromatic N) is 1. The Kier molecular flexibility index (Phi) is 7.23. The number of hydrogen-bond donors (Lipinski definition) is 4. The van der Waals surface area contributed by atoms with E-state index in [1.807, 2.05) is 6.92 Å². The Morgan fingerprint density at radius 3 is 2.32 bits per heavy atom. The summed E-state index contributed by atoms with van der Waals surface area (Å²) in [5.74, 6) is -0.509. The van der Waals surface area contributed by atoms with Crippen LogP contribution in [0.1, 0.15) is 31.7 Å². The number of anilines is 1. The van der Waals surface area contributed by atoms with E-state index in [-0.39, 0.29) is 46.9 Å². The summed E-state index contributed by atoms with van der Waals surface area (Å²) in [5.41, 5.74) is -6.88. The highest BCUT2D eigenvalue weighted by Gasteiger charge is 2.71. The van der Waals surface area contributed by atoms with Gasteiger partial charge >= 0.3 is 12.4 Å². The summed E-state index contributed by atoms with van der Waals surface area (Å²) in [6.07, 6.45) is -11.5. The number of amides is 1. The monoisotopic (exact) mass is 545 g/mol. The molecule has 1 amide bonds. The van der Waals surface area contributed by atoms with Crippen molar-refractivity contribution in [2.75, 3.05) is 11.9 Å². The molecule has 1 unspecified atom stereocenters. The number of hydrogen-bond acceptors (Lipinski definition) is 5. The Bertz CT molecular complexity index is 1420. The van der Waals surface area contributed by atoms with E-state index in [0.29, 0.717) is 25.0 Å². The summed E-state index contributed by atoms with van der Waals surface area (Å²) in [5, 5.41) is 24.9. The Labute approximate surface area is 212 Å². The van der Waals surface area contributed by atoms with E-state index in [9.17, 15) is 46.1 Å². The van der Waals surface area contributed by atoms with Crippen LogP contribution < -0.4 is 16.2 Å². The molecule has 0 saturated carbocycles. The fourth-order valence-electron chi connectivity index (χ4n) is 4.67. The van der Waals surface area contributed by atoms with E-state index < -0.39 is 47.1 Å². The van der Waals surface area contributed by atoms with Crippen molar-refractivity contribution in [3.63, 3.8) is 0 Å².